The van der Waals surface area contributed by atoms with Crippen LogP contribution in [0.2, 0.25) is 0 Å². The summed E-state index contributed by atoms with van der Waals surface area (Å²) in [7, 11) is -3.60. The third-order valence-corrected chi connectivity index (χ3v) is 8.71. The molecule has 34 heavy (non-hydrogen) atoms. The third kappa shape index (κ3) is 5.52. The lowest BCUT2D eigenvalue weighted by molar-refractivity contribution is -0.113. The molecule has 0 unspecified atom stereocenters. The Hall–Kier alpha value is -2.66. The van der Waals surface area contributed by atoms with Gasteiger partial charge in [0.05, 0.1) is 16.3 Å². The molecule has 0 aliphatic carbocycles. The number of thioether (sulfide) groups is 1. The molecule has 1 aliphatic heterocycles. The summed E-state index contributed by atoms with van der Waals surface area (Å²) in [4.78, 5) is 19.4. The standard InChI is InChI=1S/C24H29N5O3S2/c1-3-27-13-15-28(16-14-27)34(31,32)21-9-6-8-20(17-21)26-23(30)18-33-24-25-11-12-29(24)22-10-5-4-7-19(22)2/h4-12,17H,3,13-16,18H2,1-2H3,(H,26,30). The molecule has 0 saturated carbocycles. The van der Waals surface area contributed by atoms with Crippen molar-refractivity contribution in [2.75, 3.05) is 43.8 Å². The topological polar surface area (TPSA) is 87.5 Å². The van der Waals surface area contributed by atoms with Crippen LogP contribution in [0.5, 0.6) is 0 Å². The SMILES string of the molecule is CCN1CCN(S(=O)(=O)c2cccc(NC(=O)CSc3nccn3-c3ccccc3C)c2)CC1. The molecule has 2 aromatic carbocycles. The van der Waals surface area contributed by atoms with Gasteiger partial charge in [0.25, 0.3) is 0 Å². The number of rotatable bonds is 8. The van der Waals surface area contributed by atoms with Crippen molar-refractivity contribution in [2.45, 2.75) is 23.9 Å². The predicted octanol–water partition coefficient (Wildman–Crippen LogP) is 3.24. The minimum Gasteiger partial charge on any atom is -0.325 e. The van der Waals surface area contributed by atoms with Gasteiger partial charge in [-0.2, -0.15) is 4.31 Å². The number of piperazine rings is 1. The fourth-order valence-corrected chi connectivity index (χ4v) is 6.14. The second-order valence-corrected chi connectivity index (χ2v) is 10.9. The van der Waals surface area contributed by atoms with Crippen LogP contribution >= 0.6 is 11.8 Å². The summed E-state index contributed by atoms with van der Waals surface area (Å²) in [5.74, 6) is -0.0748. The maximum atomic E-state index is 13.1. The molecule has 0 radical (unpaired) electrons. The molecule has 1 aromatic heterocycles. The number of benzene rings is 2. The van der Waals surface area contributed by atoms with Gasteiger partial charge in [0.1, 0.15) is 0 Å². The van der Waals surface area contributed by atoms with E-state index in [0.29, 0.717) is 23.9 Å². The second-order valence-electron chi connectivity index (χ2n) is 8.07. The monoisotopic (exact) mass is 499 g/mol. The zero-order chi connectivity index (χ0) is 24.1. The molecule has 4 rings (SSSR count). The summed E-state index contributed by atoms with van der Waals surface area (Å²) in [6.45, 7) is 7.40. The lowest BCUT2D eigenvalue weighted by Gasteiger charge is -2.33. The van der Waals surface area contributed by atoms with Gasteiger partial charge >= 0.3 is 0 Å². The van der Waals surface area contributed by atoms with E-state index in [-0.39, 0.29) is 16.6 Å². The van der Waals surface area contributed by atoms with Crippen LogP contribution in [0.4, 0.5) is 5.69 Å². The largest absolute Gasteiger partial charge is 0.325 e. The fourth-order valence-electron chi connectivity index (χ4n) is 3.91. The molecule has 1 fully saturated rings. The number of hydrogen-bond donors (Lipinski definition) is 1. The highest BCUT2D eigenvalue weighted by Gasteiger charge is 2.28. The van der Waals surface area contributed by atoms with Crippen molar-refractivity contribution in [3.05, 3.63) is 66.5 Å². The Morgan fingerprint density at radius 1 is 1.09 bits per heavy atom. The second kappa shape index (κ2) is 10.7. The molecule has 0 spiro atoms. The fraction of sp³-hybridized carbons (Fsp3) is 0.333. The summed E-state index contributed by atoms with van der Waals surface area (Å²) in [5, 5.41) is 3.53. The van der Waals surface area contributed by atoms with Crippen molar-refractivity contribution in [3.63, 3.8) is 0 Å². The van der Waals surface area contributed by atoms with E-state index >= 15 is 0 Å². The van der Waals surface area contributed by atoms with Gasteiger partial charge in [-0.1, -0.05) is 43.0 Å². The van der Waals surface area contributed by atoms with E-state index in [9.17, 15) is 13.2 Å². The number of nitrogens with zero attached hydrogens (tertiary/aromatic N) is 4. The molecular weight excluding hydrogens is 470 g/mol. The van der Waals surface area contributed by atoms with Crippen LogP contribution in [0.15, 0.2) is 71.0 Å². The molecular formula is C24H29N5O3S2. The molecule has 8 nitrogen and oxygen atoms in total. The van der Waals surface area contributed by atoms with Crippen molar-refractivity contribution in [1.82, 2.24) is 18.8 Å². The molecule has 0 bridgehead atoms. The number of para-hydroxylation sites is 1. The maximum absolute atomic E-state index is 13.1. The molecule has 1 N–H and O–H groups in total. The van der Waals surface area contributed by atoms with Crippen molar-refractivity contribution < 1.29 is 13.2 Å². The summed E-state index contributed by atoms with van der Waals surface area (Å²) < 4.78 is 29.6. The van der Waals surface area contributed by atoms with Gasteiger partial charge < -0.3 is 10.2 Å². The summed E-state index contributed by atoms with van der Waals surface area (Å²) in [6, 6.07) is 14.4. The minimum atomic E-state index is -3.60. The Morgan fingerprint density at radius 3 is 2.59 bits per heavy atom. The lowest BCUT2D eigenvalue weighted by atomic mass is 10.2. The molecule has 1 amide bonds. The molecule has 3 aromatic rings. The zero-order valence-electron chi connectivity index (χ0n) is 19.3. The quantitative estimate of drug-likeness (QED) is 0.479. The summed E-state index contributed by atoms with van der Waals surface area (Å²) in [6.07, 6.45) is 3.58. The van der Waals surface area contributed by atoms with Gasteiger partial charge in [-0.25, -0.2) is 13.4 Å². The Morgan fingerprint density at radius 2 is 1.85 bits per heavy atom. The lowest BCUT2D eigenvalue weighted by Crippen LogP contribution is -2.48. The van der Waals surface area contributed by atoms with E-state index in [1.807, 2.05) is 42.0 Å². The van der Waals surface area contributed by atoms with Crippen LogP contribution in [-0.2, 0) is 14.8 Å². The van der Waals surface area contributed by atoms with Crippen molar-refractivity contribution in [3.8, 4) is 5.69 Å². The number of sulfonamides is 1. The normalized spacial score (nSPS) is 15.4. The number of amides is 1. The van der Waals surface area contributed by atoms with Gasteiger partial charge in [0, 0.05) is 44.3 Å². The van der Waals surface area contributed by atoms with Crippen molar-refractivity contribution in [2.24, 2.45) is 0 Å². The van der Waals surface area contributed by atoms with Gasteiger partial charge in [-0.05, 0) is 43.3 Å². The number of aromatic nitrogens is 2. The van der Waals surface area contributed by atoms with Crippen LogP contribution in [0.3, 0.4) is 0 Å². The van der Waals surface area contributed by atoms with E-state index in [0.717, 1.165) is 30.9 Å². The number of anilines is 1. The van der Waals surface area contributed by atoms with Crippen molar-refractivity contribution in [1.29, 1.82) is 0 Å². The van der Waals surface area contributed by atoms with Crippen LogP contribution in [0, 0.1) is 6.92 Å². The van der Waals surface area contributed by atoms with E-state index in [1.54, 1.807) is 24.4 Å². The Balaban J connectivity index is 1.39. The highest BCUT2D eigenvalue weighted by atomic mass is 32.2. The molecule has 180 valence electrons. The number of carbonyl (C=O) groups excluding carboxylic acids is 1. The predicted molar refractivity (Wildman–Crippen MR) is 135 cm³/mol. The Bertz CT molecular complexity index is 1250. The van der Waals surface area contributed by atoms with Crippen molar-refractivity contribution >= 4 is 33.4 Å². The molecule has 1 aliphatic rings. The number of nitrogens with one attached hydrogen (secondary N) is 1. The van der Waals surface area contributed by atoms with E-state index in [2.05, 4.69) is 22.1 Å². The Kier molecular flexibility index (Phi) is 7.72. The molecule has 1 saturated heterocycles. The minimum absolute atomic E-state index is 0.152. The number of carbonyl (C=O) groups is 1. The third-order valence-electron chi connectivity index (χ3n) is 5.85. The van der Waals surface area contributed by atoms with Crippen LogP contribution in [0.1, 0.15) is 12.5 Å². The molecule has 10 heteroatoms. The average Bonchev–Trinajstić information content (AvgIpc) is 3.31. The number of imidazole rings is 1. The first-order valence-corrected chi connectivity index (χ1v) is 13.7. The first-order chi connectivity index (χ1) is 16.4. The van der Waals surface area contributed by atoms with Gasteiger partial charge in [-0.3, -0.25) is 9.36 Å². The van der Waals surface area contributed by atoms with Crippen LogP contribution in [-0.4, -0.2) is 71.6 Å². The number of likely N-dealkylation sites (N-methyl/N-ethyl adjacent to an activating group) is 1. The van der Waals surface area contributed by atoms with Gasteiger partial charge in [0.15, 0.2) is 5.16 Å². The van der Waals surface area contributed by atoms with Crippen LogP contribution < -0.4 is 5.32 Å². The molecule has 0 atom stereocenters. The van der Waals surface area contributed by atoms with Crippen LogP contribution in [0.25, 0.3) is 5.69 Å². The van der Waals surface area contributed by atoms with E-state index in [1.165, 1.54) is 22.1 Å². The van der Waals surface area contributed by atoms with Gasteiger partial charge in [-0.15, -0.1) is 0 Å². The van der Waals surface area contributed by atoms with Gasteiger partial charge in [0.2, 0.25) is 15.9 Å². The highest BCUT2D eigenvalue weighted by Crippen LogP contribution is 2.24. The van der Waals surface area contributed by atoms with E-state index in [4.69, 9.17) is 0 Å². The first-order valence-electron chi connectivity index (χ1n) is 11.2. The summed E-state index contributed by atoms with van der Waals surface area (Å²) in [5.41, 5.74) is 2.59. The van der Waals surface area contributed by atoms with E-state index < -0.39 is 10.0 Å². The number of aryl methyl sites for hydroxylation is 1. The smallest absolute Gasteiger partial charge is 0.243 e. The molecule has 2 heterocycles. The highest BCUT2D eigenvalue weighted by molar-refractivity contribution is 7.99. The average molecular weight is 500 g/mol. The maximum Gasteiger partial charge on any atom is 0.243 e. The number of hydrogen-bond acceptors (Lipinski definition) is 6. The summed E-state index contributed by atoms with van der Waals surface area (Å²) >= 11 is 1.33. The Labute approximate surface area is 205 Å². The first kappa shape index (κ1) is 24.5. The zero-order valence-corrected chi connectivity index (χ0v) is 21.0.